The zero-order chi connectivity index (χ0) is 19.4. The Balaban J connectivity index is 1.84. The molecule has 1 heterocycles. The van der Waals surface area contributed by atoms with Crippen LogP contribution in [0.25, 0.3) is 11.3 Å². The van der Waals surface area contributed by atoms with E-state index in [1.807, 2.05) is 32.0 Å². The van der Waals surface area contributed by atoms with Gasteiger partial charge in [-0.05, 0) is 66.1 Å². The quantitative estimate of drug-likeness (QED) is 0.676. The molecule has 0 spiro atoms. The molecule has 0 fully saturated rings. The Bertz CT molecular complexity index is 971. The molecule has 3 rings (SSSR count). The molecule has 7 nitrogen and oxygen atoms in total. The Morgan fingerprint density at radius 3 is 2.63 bits per heavy atom. The molecule has 0 aliphatic heterocycles. The molecule has 0 radical (unpaired) electrons. The van der Waals surface area contributed by atoms with Crippen LogP contribution >= 0.6 is 11.6 Å². The summed E-state index contributed by atoms with van der Waals surface area (Å²) in [5.41, 5.74) is 2.48. The SMILES string of the molecule is CCOc1ccc(-c2nonc2NC(=O)c2ccc(OC)c(Cl)c2)cc1C. The molecule has 0 atom stereocenters. The number of halogens is 1. The number of amides is 1. The van der Waals surface area contributed by atoms with Crippen molar-refractivity contribution < 1.29 is 18.9 Å². The van der Waals surface area contributed by atoms with E-state index < -0.39 is 0 Å². The van der Waals surface area contributed by atoms with Gasteiger partial charge in [0.25, 0.3) is 5.91 Å². The van der Waals surface area contributed by atoms with Crippen LogP contribution < -0.4 is 14.8 Å². The maximum atomic E-state index is 12.5. The van der Waals surface area contributed by atoms with Gasteiger partial charge in [-0.3, -0.25) is 4.79 Å². The number of nitrogens with zero attached hydrogens (tertiary/aromatic N) is 2. The zero-order valence-corrected chi connectivity index (χ0v) is 15.8. The molecule has 0 unspecified atom stereocenters. The van der Waals surface area contributed by atoms with Crippen LogP contribution in [0.1, 0.15) is 22.8 Å². The predicted molar refractivity (Wildman–Crippen MR) is 102 cm³/mol. The first-order chi connectivity index (χ1) is 13.0. The van der Waals surface area contributed by atoms with Gasteiger partial charge in [-0.25, -0.2) is 4.63 Å². The molecule has 0 saturated carbocycles. The minimum Gasteiger partial charge on any atom is -0.495 e. The first kappa shape index (κ1) is 18.7. The van der Waals surface area contributed by atoms with Crippen molar-refractivity contribution in [2.45, 2.75) is 13.8 Å². The summed E-state index contributed by atoms with van der Waals surface area (Å²) in [7, 11) is 1.51. The number of hydrogen-bond donors (Lipinski definition) is 1. The number of rotatable bonds is 6. The van der Waals surface area contributed by atoms with Crippen LogP contribution in [0.3, 0.4) is 0 Å². The first-order valence-corrected chi connectivity index (χ1v) is 8.62. The number of carbonyl (C=O) groups is 1. The third-order valence-corrected chi connectivity index (χ3v) is 4.18. The van der Waals surface area contributed by atoms with Crippen LogP contribution in [-0.4, -0.2) is 29.9 Å². The lowest BCUT2D eigenvalue weighted by Gasteiger charge is -2.09. The summed E-state index contributed by atoms with van der Waals surface area (Å²) < 4.78 is 15.5. The van der Waals surface area contributed by atoms with Crippen LogP contribution in [0.5, 0.6) is 11.5 Å². The van der Waals surface area contributed by atoms with Crippen LogP contribution in [0.15, 0.2) is 41.0 Å². The number of aryl methyl sites for hydroxylation is 1. The van der Waals surface area contributed by atoms with E-state index in [0.717, 1.165) is 16.9 Å². The topological polar surface area (TPSA) is 86.5 Å². The Labute approximate surface area is 161 Å². The van der Waals surface area contributed by atoms with Gasteiger partial charge in [0.15, 0.2) is 5.69 Å². The van der Waals surface area contributed by atoms with Gasteiger partial charge in [-0.2, -0.15) is 0 Å². The molecular weight excluding hydrogens is 370 g/mol. The molecule has 0 aliphatic rings. The van der Waals surface area contributed by atoms with Crippen LogP contribution in [0, 0.1) is 6.92 Å². The first-order valence-electron chi connectivity index (χ1n) is 8.24. The van der Waals surface area contributed by atoms with E-state index in [9.17, 15) is 4.79 Å². The number of anilines is 1. The highest BCUT2D eigenvalue weighted by molar-refractivity contribution is 6.32. The normalized spacial score (nSPS) is 10.5. The predicted octanol–water partition coefficient (Wildman–Crippen LogP) is 4.36. The highest BCUT2D eigenvalue weighted by Crippen LogP contribution is 2.30. The zero-order valence-electron chi connectivity index (χ0n) is 15.1. The summed E-state index contributed by atoms with van der Waals surface area (Å²) in [4.78, 5) is 12.5. The summed E-state index contributed by atoms with van der Waals surface area (Å²) in [6, 6.07) is 10.3. The van der Waals surface area contributed by atoms with Crippen molar-refractivity contribution in [1.82, 2.24) is 10.3 Å². The number of ether oxygens (including phenoxy) is 2. The molecule has 27 heavy (non-hydrogen) atoms. The monoisotopic (exact) mass is 387 g/mol. The lowest BCUT2D eigenvalue weighted by atomic mass is 10.1. The summed E-state index contributed by atoms with van der Waals surface area (Å²) in [6.07, 6.45) is 0. The van der Waals surface area contributed by atoms with Gasteiger partial charge in [0.05, 0.1) is 18.7 Å². The minimum absolute atomic E-state index is 0.218. The van der Waals surface area contributed by atoms with E-state index in [2.05, 4.69) is 15.6 Å². The molecule has 2 aromatic carbocycles. The fourth-order valence-corrected chi connectivity index (χ4v) is 2.82. The molecular formula is C19H18ClN3O4. The standard InChI is InChI=1S/C19H18ClN3O4/c1-4-26-15-7-5-12(9-11(15)2)17-18(23-27-22-17)21-19(24)13-6-8-16(25-3)14(20)10-13/h5-10H,4H2,1-3H3,(H,21,23,24). The number of methoxy groups -OCH3 is 1. The van der Waals surface area contributed by atoms with Gasteiger partial charge in [0, 0.05) is 11.1 Å². The summed E-state index contributed by atoms with van der Waals surface area (Å²) in [6.45, 7) is 4.44. The Hall–Kier alpha value is -3.06. The van der Waals surface area contributed by atoms with Gasteiger partial charge in [-0.15, -0.1) is 0 Å². The number of nitrogens with one attached hydrogen (secondary N) is 1. The molecule has 0 saturated heterocycles. The molecule has 1 amide bonds. The van der Waals surface area contributed by atoms with Crippen molar-refractivity contribution in [3.05, 3.63) is 52.5 Å². The van der Waals surface area contributed by atoms with Crippen molar-refractivity contribution in [3.63, 3.8) is 0 Å². The maximum absolute atomic E-state index is 12.5. The van der Waals surface area contributed by atoms with E-state index in [1.165, 1.54) is 13.2 Å². The largest absolute Gasteiger partial charge is 0.495 e. The van der Waals surface area contributed by atoms with Gasteiger partial charge < -0.3 is 14.8 Å². The van der Waals surface area contributed by atoms with Crippen LogP contribution in [0.2, 0.25) is 5.02 Å². The number of carbonyl (C=O) groups excluding carboxylic acids is 1. The summed E-state index contributed by atoms with van der Waals surface area (Å²) in [5, 5.41) is 10.7. The molecule has 1 N–H and O–H groups in total. The molecule has 1 aromatic heterocycles. The van der Waals surface area contributed by atoms with Crippen molar-refractivity contribution in [1.29, 1.82) is 0 Å². The maximum Gasteiger partial charge on any atom is 0.257 e. The second kappa shape index (κ2) is 8.09. The molecule has 0 aliphatic carbocycles. The molecule has 8 heteroatoms. The number of benzene rings is 2. The Kier molecular flexibility index (Phi) is 5.61. The van der Waals surface area contributed by atoms with E-state index in [4.69, 9.17) is 25.7 Å². The summed E-state index contributed by atoms with van der Waals surface area (Å²) >= 11 is 6.08. The second-order valence-corrected chi connectivity index (χ2v) is 6.09. The van der Waals surface area contributed by atoms with E-state index in [1.54, 1.807) is 12.1 Å². The van der Waals surface area contributed by atoms with E-state index in [0.29, 0.717) is 28.6 Å². The Morgan fingerprint density at radius 2 is 1.96 bits per heavy atom. The third-order valence-electron chi connectivity index (χ3n) is 3.88. The van der Waals surface area contributed by atoms with Crippen LogP contribution in [0.4, 0.5) is 5.82 Å². The van der Waals surface area contributed by atoms with Crippen molar-refractivity contribution in [3.8, 4) is 22.8 Å². The highest BCUT2D eigenvalue weighted by Gasteiger charge is 2.18. The average molecular weight is 388 g/mol. The smallest absolute Gasteiger partial charge is 0.257 e. The lowest BCUT2D eigenvalue weighted by Crippen LogP contribution is -2.13. The van der Waals surface area contributed by atoms with Crippen LogP contribution in [-0.2, 0) is 0 Å². The van der Waals surface area contributed by atoms with Crippen molar-refractivity contribution in [2.24, 2.45) is 0 Å². The second-order valence-electron chi connectivity index (χ2n) is 5.68. The van der Waals surface area contributed by atoms with Gasteiger partial charge in [0.2, 0.25) is 5.82 Å². The fraction of sp³-hybridized carbons (Fsp3) is 0.211. The number of aromatic nitrogens is 2. The Morgan fingerprint density at radius 1 is 1.19 bits per heavy atom. The number of hydrogen-bond acceptors (Lipinski definition) is 6. The molecule has 3 aromatic rings. The highest BCUT2D eigenvalue weighted by atomic mass is 35.5. The van der Waals surface area contributed by atoms with Crippen molar-refractivity contribution >= 4 is 23.3 Å². The van der Waals surface area contributed by atoms with Gasteiger partial charge in [0.1, 0.15) is 11.5 Å². The van der Waals surface area contributed by atoms with E-state index >= 15 is 0 Å². The average Bonchev–Trinajstić information content (AvgIpc) is 3.11. The third kappa shape index (κ3) is 4.03. The summed E-state index contributed by atoms with van der Waals surface area (Å²) in [5.74, 6) is 1.10. The molecule has 0 bridgehead atoms. The van der Waals surface area contributed by atoms with Gasteiger partial charge in [-0.1, -0.05) is 11.6 Å². The van der Waals surface area contributed by atoms with Crippen molar-refractivity contribution in [2.75, 3.05) is 19.0 Å². The lowest BCUT2D eigenvalue weighted by molar-refractivity contribution is 0.102. The molecule has 140 valence electrons. The minimum atomic E-state index is -0.390. The fourth-order valence-electron chi connectivity index (χ4n) is 2.56. The van der Waals surface area contributed by atoms with E-state index in [-0.39, 0.29) is 11.7 Å². The van der Waals surface area contributed by atoms with Gasteiger partial charge >= 0.3 is 0 Å².